The highest BCUT2D eigenvalue weighted by Gasteiger charge is 2.31. The Morgan fingerprint density at radius 1 is 1.26 bits per heavy atom. The Bertz CT molecular complexity index is 527. The zero-order valence-electron chi connectivity index (χ0n) is 14.4. The molecular weight excluding hydrogens is 308 g/mol. The zero-order valence-corrected chi connectivity index (χ0v) is 15.2. The van der Waals surface area contributed by atoms with Gasteiger partial charge in [0.15, 0.2) is 5.96 Å². The van der Waals surface area contributed by atoms with Crippen molar-refractivity contribution < 1.29 is 0 Å². The van der Waals surface area contributed by atoms with Crippen molar-refractivity contribution in [3.63, 3.8) is 0 Å². The van der Waals surface area contributed by atoms with E-state index in [9.17, 15) is 0 Å². The Kier molecular flexibility index (Phi) is 5.50. The van der Waals surface area contributed by atoms with Crippen molar-refractivity contribution in [3.8, 4) is 0 Å². The third kappa shape index (κ3) is 4.22. The number of thiazole rings is 1. The lowest BCUT2D eigenvalue weighted by atomic mass is 10.1. The third-order valence-corrected chi connectivity index (χ3v) is 5.96. The summed E-state index contributed by atoms with van der Waals surface area (Å²) < 4.78 is 0. The maximum Gasteiger partial charge on any atom is 0.191 e. The molecule has 3 aliphatic rings. The van der Waals surface area contributed by atoms with Gasteiger partial charge < -0.3 is 10.6 Å². The predicted octanol–water partition coefficient (Wildman–Crippen LogP) is 0.467. The molecule has 0 saturated carbocycles. The molecular formula is C16H28N6S. The van der Waals surface area contributed by atoms with Gasteiger partial charge in [0.05, 0.1) is 10.7 Å². The highest BCUT2D eigenvalue weighted by atomic mass is 32.1. The maximum atomic E-state index is 4.58. The lowest BCUT2D eigenvalue weighted by molar-refractivity contribution is 0.0154. The number of guanidine groups is 1. The van der Waals surface area contributed by atoms with Crippen molar-refractivity contribution >= 4 is 17.3 Å². The molecule has 0 amide bonds. The van der Waals surface area contributed by atoms with Crippen LogP contribution in [0.25, 0.3) is 0 Å². The van der Waals surface area contributed by atoms with E-state index in [0.717, 1.165) is 31.2 Å². The third-order valence-electron chi connectivity index (χ3n) is 4.83. The summed E-state index contributed by atoms with van der Waals surface area (Å²) in [6, 6.07) is 0.611. The molecule has 2 N–H and O–H groups in total. The van der Waals surface area contributed by atoms with Gasteiger partial charge in [0.2, 0.25) is 0 Å². The lowest BCUT2D eigenvalue weighted by Gasteiger charge is -2.47. The standard InChI is InChI=1S/C16H28N6S/c1-12-13(2)23-15(20-12)4-5-18-16(17-3)19-10-14-11-21-6-8-22(14)9-7-21/h14H,4-11H2,1-3H3,(H2,17,18,19). The fourth-order valence-corrected chi connectivity index (χ4v) is 4.22. The van der Waals surface area contributed by atoms with Crippen LogP contribution in [0.4, 0.5) is 0 Å². The van der Waals surface area contributed by atoms with Crippen molar-refractivity contribution in [1.82, 2.24) is 25.4 Å². The molecule has 23 heavy (non-hydrogen) atoms. The zero-order chi connectivity index (χ0) is 16.2. The first-order valence-electron chi connectivity index (χ1n) is 8.49. The van der Waals surface area contributed by atoms with E-state index in [-0.39, 0.29) is 0 Å². The molecule has 128 valence electrons. The van der Waals surface area contributed by atoms with E-state index < -0.39 is 0 Å². The van der Waals surface area contributed by atoms with E-state index in [0.29, 0.717) is 6.04 Å². The van der Waals surface area contributed by atoms with E-state index in [1.54, 1.807) is 11.3 Å². The minimum absolute atomic E-state index is 0.611. The second-order valence-electron chi connectivity index (χ2n) is 6.37. The van der Waals surface area contributed by atoms with Gasteiger partial charge in [0, 0.05) is 70.2 Å². The summed E-state index contributed by atoms with van der Waals surface area (Å²) in [4.78, 5) is 15.4. The van der Waals surface area contributed by atoms with Gasteiger partial charge in [-0.2, -0.15) is 0 Å². The van der Waals surface area contributed by atoms with Gasteiger partial charge >= 0.3 is 0 Å². The molecule has 1 aromatic heterocycles. The molecule has 3 saturated heterocycles. The number of nitrogens with one attached hydrogen (secondary N) is 2. The van der Waals surface area contributed by atoms with E-state index in [1.165, 1.54) is 42.6 Å². The average molecular weight is 337 g/mol. The fraction of sp³-hybridized carbons (Fsp3) is 0.750. The summed E-state index contributed by atoms with van der Waals surface area (Å²) in [5, 5.41) is 8.08. The first-order chi connectivity index (χ1) is 11.2. The molecule has 1 aromatic rings. The summed E-state index contributed by atoms with van der Waals surface area (Å²) in [6.07, 6.45) is 0.948. The van der Waals surface area contributed by atoms with Crippen LogP contribution in [0.15, 0.2) is 4.99 Å². The van der Waals surface area contributed by atoms with Crippen LogP contribution in [-0.4, -0.2) is 79.6 Å². The maximum absolute atomic E-state index is 4.58. The Labute approximate surface area is 143 Å². The molecule has 1 atom stereocenters. The van der Waals surface area contributed by atoms with Crippen molar-refractivity contribution in [2.24, 2.45) is 4.99 Å². The van der Waals surface area contributed by atoms with Gasteiger partial charge in [0.25, 0.3) is 0 Å². The highest BCUT2D eigenvalue weighted by molar-refractivity contribution is 7.11. The summed E-state index contributed by atoms with van der Waals surface area (Å²) in [7, 11) is 1.84. The van der Waals surface area contributed by atoms with Gasteiger partial charge in [-0.05, 0) is 13.8 Å². The second-order valence-corrected chi connectivity index (χ2v) is 7.66. The van der Waals surface area contributed by atoms with Gasteiger partial charge in [-0.3, -0.25) is 14.8 Å². The number of fused-ring (bicyclic) bond motifs is 3. The molecule has 4 rings (SSSR count). The van der Waals surface area contributed by atoms with Gasteiger partial charge in [0.1, 0.15) is 0 Å². The van der Waals surface area contributed by atoms with Crippen molar-refractivity contribution in [1.29, 1.82) is 0 Å². The molecule has 0 spiro atoms. The van der Waals surface area contributed by atoms with Gasteiger partial charge in [-0.15, -0.1) is 11.3 Å². The number of aromatic nitrogens is 1. The number of hydrogen-bond acceptors (Lipinski definition) is 5. The average Bonchev–Trinajstić information content (AvgIpc) is 2.90. The Morgan fingerprint density at radius 3 is 2.61 bits per heavy atom. The Hall–Kier alpha value is -1.18. The molecule has 3 aliphatic heterocycles. The van der Waals surface area contributed by atoms with Crippen LogP contribution in [-0.2, 0) is 6.42 Å². The lowest BCUT2D eigenvalue weighted by Crippen LogP contribution is -2.63. The first kappa shape index (κ1) is 16.7. The molecule has 3 fully saturated rings. The molecule has 6 nitrogen and oxygen atoms in total. The van der Waals surface area contributed by atoms with Gasteiger partial charge in [-0.25, -0.2) is 4.98 Å². The van der Waals surface area contributed by atoms with E-state index in [2.05, 4.69) is 44.3 Å². The summed E-state index contributed by atoms with van der Waals surface area (Å²) in [6.45, 7) is 12.1. The predicted molar refractivity (Wildman–Crippen MR) is 96.5 cm³/mol. The Balaban J connectivity index is 1.40. The molecule has 4 heterocycles. The van der Waals surface area contributed by atoms with Crippen LogP contribution in [0.1, 0.15) is 15.6 Å². The largest absolute Gasteiger partial charge is 0.356 e. The number of nitrogens with zero attached hydrogens (tertiary/aromatic N) is 4. The SMILES string of the molecule is CN=C(NCCc1nc(C)c(C)s1)NCC1CN2CCN1CC2. The fourth-order valence-electron chi connectivity index (χ4n) is 3.29. The molecule has 7 heteroatoms. The quantitative estimate of drug-likeness (QED) is 0.605. The number of rotatable bonds is 5. The van der Waals surface area contributed by atoms with Crippen LogP contribution in [0.2, 0.25) is 0 Å². The topological polar surface area (TPSA) is 55.8 Å². The summed E-state index contributed by atoms with van der Waals surface area (Å²) in [5.41, 5.74) is 1.16. The van der Waals surface area contributed by atoms with E-state index >= 15 is 0 Å². The van der Waals surface area contributed by atoms with Crippen molar-refractivity contribution in [2.45, 2.75) is 26.3 Å². The molecule has 0 aliphatic carbocycles. The Morgan fingerprint density at radius 2 is 2.04 bits per heavy atom. The number of aliphatic imine (C=N–C) groups is 1. The monoisotopic (exact) mass is 336 g/mol. The van der Waals surface area contributed by atoms with E-state index in [1.807, 2.05) is 7.05 Å². The second kappa shape index (κ2) is 7.59. The number of hydrogen-bond donors (Lipinski definition) is 2. The highest BCUT2D eigenvalue weighted by Crippen LogP contribution is 2.16. The first-order valence-corrected chi connectivity index (χ1v) is 9.31. The van der Waals surface area contributed by atoms with Crippen molar-refractivity contribution in [3.05, 3.63) is 15.6 Å². The summed E-state index contributed by atoms with van der Waals surface area (Å²) in [5.74, 6) is 0.896. The molecule has 1 unspecified atom stereocenters. The molecule has 2 bridgehead atoms. The normalized spacial score (nSPS) is 27.3. The summed E-state index contributed by atoms with van der Waals surface area (Å²) >= 11 is 1.79. The van der Waals surface area contributed by atoms with Gasteiger partial charge in [-0.1, -0.05) is 0 Å². The number of piperazine rings is 3. The van der Waals surface area contributed by atoms with Crippen LogP contribution in [0, 0.1) is 13.8 Å². The van der Waals surface area contributed by atoms with Crippen LogP contribution in [0.5, 0.6) is 0 Å². The molecule has 0 aromatic carbocycles. The smallest absolute Gasteiger partial charge is 0.191 e. The number of aryl methyl sites for hydroxylation is 2. The van der Waals surface area contributed by atoms with Crippen molar-refractivity contribution in [2.75, 3.05) is 52.9 Å². The minimum atomic E-state index is 0.611. The van der Waals surface area contributed by atoms with Crippen LogP contribution < -0.4 is 10.6 Å². The van der Waals surface area contributed by atoms with Crippen LogP contribution in [0.3, 0.4) is 0 Å². The molecule has 0 radical (unpaired) electrons. The van der Waals surface area contributed by atoms with Crippen LogP contribution >= 0.6 is 11.3 Å². The van der Waals surface area contributed by atoms with E-state index in [4.69, 9.17) is 0 Å². The minimum Gasteiger partial charge on any atom is -0.356 e.